The molecule has 88 valence electrons. The van der Waals surface area contributed by atoms with E-state index in [9.17, 15) is 4.79 Å². The second-order valence-corrected chi connectivity index (χ2v) is 4.51. The van der Waals surface area contributed by atoms with Crippen LogP contribution in [-0.4, -0.2) is 45.2 Å². The van der Waals surface area contributed by atoms with E-state index in [1.807, 2.05) is 0 Å². The van der Waals surface area contributed by atoms with E-state index in [-0.39, 0.29) is 5.75 Å². The number of hydrogen-bond acceptors (Lipinski definition) is 5. The third-order valence-corrected chi connectivity index (χ3v) is 3.25. The van der Waals surface area contributed by atoms with Crippen LogP contribution in [0.25, 0.3) is 0 Å². The van der Waals surface area contributed by atoms with Crippen molar-refractivity contribution in [1.29, 1.82) is 0 Å². The summed E-state index contributed by atoms with van der Waals surface area (Å²) in [6.45, 7) is 1.51. The number of rotatable bonds is 4. The number of aromatic nitrogens is 3. The number of nitrogens with zero attached hydrogens (tertiary/aromatic N) is 2. The Labute approximate surface area is 96.8 Å². The smallest absolute Gasteiger partial charge is 0.313 e. The maximum Gasteiger partial charge on any atom is 0.313 e. The number of nitrogens with one attached hydrogen (secondary N) is 1. The molecular formula is C9H13N3O3S. The van der Waals surface area contributed by atoms with Crippen molar-refractivity contribution in [3.8, 4) is 0 Å². The van der Waals surface area contributed by atoms with Crippen LogP contribution in [-0.2, 0) is 9.53 Å². The molecule has 0 saturated carbocycles. The number of H-pyrrole nitrogens is 1. The Bertz CT molecular complexity index is 363. The van der Waals surface area contributed by atoms with Gasteiger partial charge in [0, 0.05) is 19.1 Å². The van der Waals surface area contributed by atoms with Crippen molar-refractivity contribution in [1.82, 2.24) is 15.2 Å². The van der Waals surface area contributed by atoms with E-state index in [0.717, 1.165) is 43.6 Å². The van der Waals surface area contributed by atoms with Gasteiger partial charge >= 0.3 is 5.97 Å². The van der Waals surface area contributed by atoms with Gasteiger partial charge in [-0.15, -0.1) is 5.10 Å². The van der Waals surface area contributed by atoms with Crippen LogP contribution in [0.15, 0.2) is 5.16 Å². The Balaban J connectivity index is 1.93. The van der Waals surface area contributed by atoms with Gasteiger partial charge in [-0.25, -0.2) is 4.98 Å². The van der Waals surface area contributed by atoms with Gasteiger partial charge < -0.3 is 9.84 Å². The lowest BCUT2D eigenvalue weighted by Gasteiger charge is -2.19. The van der Waals surface area contributed by atoms with Crippen molar-refractivity contribution in [3.05, 3.63) is 5.82 Å². The number of ether oxygens (including phenoxy) is 1. The lowest BCUT2D eigenvalue weighted by molar-refractivity contribution is -0.133. The number of aromatic amines is 1. The molecule has 1 aromatic heterocycles. The van der Waals surface area contributed by atoms with Crippen LogP contribution in [0.3, 0.4) is 0 Å². The van der Waals surface area contributed by atoms with Gasteiger partial charge in [-0.1, -0.05) is 11.8 Å². The fraction of sp³-hybridized carbons (Fsp3) is 0.667. The van der Waals surface area contributed by atoms with Crippen LogP contribution in [0.4, 0.5) is 0 Å². The van der Waals surface area contributed by atoms with Crippen molar-refractivity contribution in [2.75, 3.05) is 19.0 Å². The zero-order valence-corrected chi connectivity index (χ0v) is 9.50. The number of aliphatic carboxylic acids is 1. The van der Waals surface area contributed by atoms with Crippen LogP contribution >= 0.6 is 11.8 Å². The van der Waals surface area contributed by atoms with Crippen molar-refractivity contribution >= 4 is 17.7 Å². The van der Waals surface area contributed by atoms with Crippen LogP contribution < -0.4 is 0 Å². The second-order valence-electron chi connectivity index (χ2n) is 3.57. The van der Waals surface area contributed by atoms with Crippen LogP contribution in [0, 0.1) is 0 Å². The van der Waals surface area contributed by atoms with Crippen molar-refractivity contribution in [2.45, 2.75) is 23.9 Å². The average molecular weight is 243 g/mol. The Kier molecular flexibility index (Phi) is 3.79. The highest BCUT2D eigenvalue weighted by Gasteiger charge is 2.19. The number of carbonyl (C=O) groups is 1. The predicted octanol–water partition coefficient (Wildman–Crippen LogP) is 0.875. The van der Waals surface area contributed by atoms with E-state index < -0.39 is 5.97 Å². The molecule has 2 rings (SSSR count). The fourth-order valence-corrected chi connectivity index (χ4v) is 2.13. The molecule has 1 saturated heterocycles. The molecule has 1 aromatic rings. The van der Waals surface area contributed by atoms with E-state index in [1.54, 1.807) is 0 Å². The van der Waals surface area contributed by atoms with E-state index >= 15 is 0 Å². The molecule has 0 atom stereocenters. The molecule has 2 heterocycles. The maximum absolute atomic E-state index is 10.4. The van der Waals surface area contributed by atoms with Crippen LogP contribution in [0.1, 0.15) is 24.6 Å². The lowest BCUT2D eigenvalue weighted by Crippen LogP contribution is -2.15. The first kappa shape index (κ1) is 11.4. The molecule has 0 amide bonds. The Morgan fingerprint density at radius 3 is 3.00 bits per heavy atom. The van der Waals surface area contributed by atoms with E-state index in [1.165, 1.54) is 0 Å². The zero-order chi connectivity index (χ0) is 11.4. The quantitative estimate of drug-likeness (QED) is 0.763. The minimum atomic E-state index is -0.859. The van der Waals surface area contributed by atoms with Crippen LogP contribution in [0.5, 0.6) is 0 Å². The van der Waals surface area contributed by atoms with E-state index in [0.29, 0.717) is 11.1 Å². The van der Waals surface area contributed by atoms with Gasteiger partial charge in [0.25, 0.3) is 0 Å². The summed E-state index contributed by atoms with van der Waals surface area (Å²) >= 11 is 1.13. The highest BCUT2D eigenvalue weighted by Crippen LogP contribution is 2.25. The van der Waals surface area contributed by atoms with Gasteiger partial charge in [-0.2, -0.15) is 0 Å². The Morgan fingerprint density at radius 1 is 1.56 bits per heavy atom. The average Bonchev–Trinajstić information content (AvgIpc) is 2.76. The number of carboxylic acids is 1. The molecule has 6 nitrogen and oxygen atoms in total. The number of carboxylic acid groups (broad SMARTS) is 1. The highest BCUT2D eigenvalue weighted by molar-refractivity contribution is 7.99. The first-order valence-corrected chi connectivity index (χ1v) is 6.09. The summed E-state index contributed by atoms with van der Waals surface area (Å²) in [6.07, 6.45) is 1.89. The van der Waals surface area contributed by atoms with Gasteiger partial charge in [0.05, 0.1) is 5.75 Å². The monoisotopic (exact) mass is 243 g/mol. The molecule has 0 spiro atoms. The third-order valence-electron chi connectivity index (χ3n) is 2.41. The summed E-state index contributed by atoms with van der Waals surface area (Å²) < 4.78 is 5.26. The lowest BCUT2D eigenvalue weighted by atomic mass is 10.00. The predicted molar refractivity (Wildman–Crippen MR) is 57.5 cm³/mol. The standard InChI is InChI=1S/C9H13N3O3S/c13-7(14)5-16-9-10-8(11-12-9)6-1-3-15-4-2-6/h6H,1-5H2,(H,13,14)(H,10,11,12). The molecule has 0 radical (unpaired) electrons. The van der Waals surface area contributed by atoms with E-state index in [4.69, 9.17) is 9.84 Å². The first-order valence-electron chi connectivity index (χ1n) is 5.10. The summed E-state index contributed by atoms with van der Waals surface area (Å²) in [5.74, 6) is 0.337. The Hall–Kier alpha value is -1.08. The minimum absolute atomic E-state index is 0.00886. The SMILES string of the molecule is O=C(O)CSc1n[nH]c(C2CCOCC2)n1. The van der Waals surface area contributed by atoms with Gasteiger partial charge in [-0.05, 0) is 12.8 Å². The normalized spacial score (nSPS) is 17.5. The first-order chi connectivity index (χ1) is 7.75. The highest BCUT2D eigenvalue weighted by atomic mass is 32.2. The number of hydrogen-bond donors (Lipinski definition) is 2. The van der Waals surface area contributed by atoms with Crippen LogP contribution in [0.2, 0.25) is 0 Å². The molecule has 0 aromatic carbocycles. The third kappa shape index (κ3) is 2.96. The summed E-state index contributed by atoms with van der Waals surface area (Å²) in [6, 6.07) is 0. The largest absolute Gasteiger partial charge is 0.481 e. The zero-order valence-electron chi connectivity index (χ0n) is 8.68. The molecule has 1 fully saturated rings. The summed E-state index contributed by atoms with van der Waals surface area (Å²) in [5, 5.41) is 15.9. The summed E-state index contributed by atoms with van der Waals surface area (Å²) in [7, 11) is 0. The van der Waals surface area contributed by atoms with Gasteiger partial charge in [-0.3, -0.25) is 9.89 Å². The molecule has 0 aliphatic carbocycles. The molecule has 1 aliphatic rings. The summed E-state index contributed by atoms with van der Waals surface area (Å²) in [4.78, 5) is 14.7. The topological polar surface area (TPSA) is 88.1 Å². The molecule has 0 bridgehead atoms. The molecule has 1 aliphatic heterocycles. The molecule has 0 unspecified atom stereocenters. The molecule has 16 heavy (non-hydrogen) atoms. The summed E-state index contributed by atoms with van der Waals surface area (Å²) in [5.41, 5.74) is 0. The van der Waals surface area contributed by atoms with Gasteiger partial charge in [0.1, 0.15) is 5.82 Å². The maximum atomic E-state index is 10.4. The molecule has 2 N–H and O–H groups in total. The van der Waals surface area contributed by atoms with E-state index in [2.05, 4.69) is 15.2 Å². The van der Waals surface area contributed by atoms with Gasteiger partial charge in [0.2, 0.25) is 5.16 Å². The van der Waals surface area contributed by atoms with Crippen molar-refractivity contribution in [2.24, 2.45) is 0 Å². The van der Waals surface area contributed by atoms with Crippen molar-refractivity contribution in [3.63, 3.8) is 0 Å². The minimum Gasteiger partial charge on any atom is -0.481 e. The second kappa shape index (κ2) is 5.31. The molecular weight excluding hydrogens is 230 g/mol. The van der Waals surface area contributed by atoms with Gasteiger partial charge in [0.15, 0.2) is 0 Å². The van der Waals surface area contributed by atoms with Crippen molar-refractivity contribution < 1.29 is 14.6 Å². The molecule has 7 heteroatoms. The fourth-order valence-electron chi connectivity index (χ4n) is 1.60. The number of thioether (sulfide) groups is 1. The Morgan fingerprint density at radius 2 is 2.31 bits per heavy atom.